The van der Waals surface area contributed by atoms with Crippen molar-refractivity contribution >= 4 is 17.5 Å². The molecule has 0 aliphatic heterocycles. The monoisotopic (exact) mass is 284 g/mol. The standard InChI is InChI=1S/C17H24N4/c1-3-5-8-12-18-17-19-13-11-16(21-17)20-15-10-7-6-9-14(15)4-2/h6-7,9-11,13H,3-5,8,12H2,1-2H3,(H2,18,19,20,21). The van der Waals surface area contributed by atoms with Crippen LogP contribution in [0.25, 0.3) is 0 Å². The predicted octanol–water partition coefficient (Wildman–Crippen LogP) is 4.38. The Morgan fingerprint density at radius 2 is 1.90 bits per heavy atom. The van der Waals surface area contributed by atoms with Gasteiger partial charge < -0.3 is 10.6 Å². The number of nitrogens with zero attached hydrogens (tertiary/aromatic N) is 2. The van der Waals surface area contributed by atoms with Crippen molar-refractivity contribution in [1.82, 2.24) is 9.97 Å². The SMILES string of the molecule is CCCCCNc1nccc(Nc2ccccc2CC)n1. The zero-order valence-corrected chi connectivity index (χ0v) is 12.9. The lowest BCUT2D eigenvalue weighted by Gasteiger charge is -2.11. The third-order valence-corrected chi connectivity index (χ3v) is 3.38. The van der Waals surface area contributed by atoms with Crippen LogP contribution in [0.15, 0.2) is 36.5 Å². The first-order chi connectivity index (χ1) is 10.3. The van der Waals surface area contributed by atoms with E-state index >= 15 is 0 Å². The highest BCUT2D eigenvalue weighted by molar-refractivity contribution is 5.61. The summed E-state index contributed by atoms with van der Waals surface area (Å²) >= 11 is 0. The topological polar surface area (TPSA) is 49.8 Å². The number of anilines is 3. The highest BCUT2D eigenvalue weighted by atomic mass is 15.1. The van der Waals surface area contributed by atoms with Gasteiger partial charge in [-0.25, -0.2) is 4.98 Å². The highest BCUT2D eigenvalue weighted by Crippen LogP contribution is 2.20. The largest absolute Gasteiger partial charge is 0.354 e. The fourth-order valence-electron chi connectivity index (χ4n) is 2.18. The molecule has 2 N–H and O–H groups in total. The minimum atomic E-state index is 0.685. The Hall–Kier alpha value is -2.10. The number of para-hydroxylation sites is 1. The van der Waals surface area contributed by atoms with Gasteiger partial charge in [-0.3, -0.25) is 0 Å². The minimum absolute atomic E-state index is 0.685. The van der Waals surface area contributed by atoms with E-state index in [1.54, 1.807) is 6.20 Å². The van der Waals surface area contributed by atoms with Crippen LogP contribution >= 0.6 is 0 Å². The summed E-state index contributed by atoms with van der Waals surface area (Å²) in [6, 6.07) is 10.2. The van der Waals surface area contributed by atoms with Crippen LogP contribution in [0, 0.1) is 0 Å². The summed E-state index contributed by atoms with van der Waals surface area (Å²) < 4.78 is 0. The van der Waals surface area contributed by atoms with E-state index in [0.29, 0.717) is 5.95 Å². The van der Waals surface area contributed by atoms with Gasteiger partial charge in [-0.1, -0.05) is 44.9 Å². The molecule has 0 aliphatic carbocycles. The number of benzene rings is 1. The maximum absolute atomic E-state index is 4.51. The molecule has 0 spiro atoms. The average molecular weight is 284 g/mol. The third-order valence-electron chi connectivity index (χ3n) is 3.38. The van der Waals surface area contributed by atoms with Crippen LogP contribution in [0.4, 0.5) is 17.5 Å². The van der Waals surface area contributed by atoms with Crippen molar-refractivity contribution in [3.05, 3.63) is 42.1 Å². The molecule has 1 aromatic heterocycles. The van der Waals surface area contributed by atoms with Gasteiger partial charge >= 0.3 is 0 Å². The van der Waals surface area contributed by atoms with E-state index in [9.17, 15) is 0 Å². The molecule has 1 aromatic carbocycles. The average Bonchev–Trinajstić information content (AvgIpc) is 2.52. The third kappa shape index (κ3) is 4.74. The molecule has 0 unspecified atom stereocenters. The summed E-state index contributed by atoms with van der Waals surface area (Å²) in [5.74, 6) is 1.51. The zero-order chi connectivity index (χ0) is 14.9. The molecule has 0 saturated carbocycles. The number of hydrogen-bond acceptors (Lipinski definition) is 4. The van der Waals surface area contributed by atoms with Gasteiger partial charge in [0, 0.05) is 18.4 Å². The van der Waals surface area contributed by atoms with E-state index in [0.717, 1.165) is 30.9 Å². The normalized spacial score (nSPS) is 10.4. The van der Waals surface area contributed by atoms with Crippen LogP contribution in [0.5, 0.6) is 0 Å². The molecule has 4 heteroatoms. The van der Waals surface area contributed by atoms with Crippen molar-refractivity contribution < 1.29 is 0 Å². The van der Waals surface area contributed by atoms with Gasteiger partial charge in [0.1, 0.15) is 5.82 Å². The van der Waals surface area contributed by atoms with Crippen molar-refractivity contribution in [2.24, 2.45) is 0 Å². The zero-order valence-electron chi connectivity index (χ0n) is 12.9. The number of aryl methyl sites for hydroxylation is 1. The fourth-order valence-corrected chi connectivity index (χ4v) is 2.18. The fraction of sp³-hybridized carbons (Fsp3) is 0.412. The number of aromatic nitrogens is 2. The molecule has 21 heavy (non-hydrogen) atoms. The molecule has 0 bridgehead atoms. The summed E-state index contributed by atoms with van der Waals surface area (Å²) in [5, 5.41) is 6.65. The molecule has 0 aliphatic rings. The number of rotatable bonds is 8. The van der Waals surface area contributed by atoms with Crippen molar-refractivity contribution in [3.8, 4) is 0 Å². The summed E-state index contributed by atoms with van der Waals surface area (Å²) in [6.45, 7) is 5.27. The molecule has 2 rings (SSSR count). The summed E-state index contributed by atoms with van der Waals surface area (Å²) in [6.07, 6.45) is 6.38. The van der Waals surface area contributed by atoms with E-state index in [1.807, 2.05) is 12.1 Å². The Bertz CT molecular complexity index is 554. The second-order valence-electron chi connectivity index (χ2n) is 5.04. The van der Waals surface area contributed by atoms with Gasteiger partial charge in [-0.05, 0) is 30.5 Å². The van der Waals surface area contributed by atoms with Crippen molar-refractivity contribution in [2.75, 3.05) is 17.2 Å². The van der Waals surface area contributed by atoms with Gasteiger partial charge in [-0.2, -0.15) is 4.98 Å². The molecule has 0 atom stereocenters. The molecule has 0 radical (unpaired) electrons. The van der Waals surface area contributed by atoms with Crippen LogP contribution in [-0.2, 0) is 6.42 Å². The van der Waals surface area contributed by atoms with Gasteiger partial charge in [0.05, 0.1) is 0 Å². The Balaban J connectivity index is 2.00. The summed E-state index contributed by atoms with van der Waals surface area (Å²) in [7, 11) is 0. The second kappa shape index (κ2) is 8.25. The van der Waals surface area contributed by atoms with Gasteiger partial charge in [0.15, 0.2) is 0 Å². The number of nitrogens with one attached hydrogen (secondary N) is 2. The van der Waals surface area contributed by atoms with Crippen LogP contribution in [0.3, 0.4) is 0 Å². The van der Waals surface area contributed by atoms with Crippen LogP contribution in [-0.4, -0.2) is 16.5 Å². The van der Waals surface area contributed by atoms with Gasteiger partial charge in [-0.15, -0.1) is 0 Å². The number of hydrogen-bond donors (Lipinski definition) is 2. The summed E-state index contributed by atoms with van der Waals surface area (Å²) in [5.41, 5.74) is 2.39. The van der Waals surface area contributed by atoms with E-state index in [4.69, 9.17) is 0 Å². The van der Waals surface area contributed by atoms with Crippen molar-refractivity contribution in [1.29, 1.82) is 0 Å². The van der Waals surface area contributed by atoms with Crippen LogP contribution in [0.2, 0.25) is 0 Å². The molecular weight excluding hydrogens is 260 g/mol. The maximum Gasteiger partial charge on any atom is 0.224 e. The first-order valence-electron chi connectivity index (χ1n) is 7.75. The molecule has 2 aromatic rings. The minimum Gasteiger partial charge on any atom is -0.354 e. The quantitative estimate of drug-likeness (QED) is 0.706. The van der Waals surface area contributed by atoms with Crippen molar-refractivity contribution in [2.45, 2.75) is 39.5 Å². The Morgan fingerprint density at radius 3 is 2.71 bits per heavy atom. The summed E-state index contributed by atoms with van der Waals surface area (Å²) in [4.78, 5) is 8.77. The predicted molar refractivity (Wildman–Crippen MR) is 89.1 cm³/mol. The van der Waals surface area contributed by atoms with E-state index in [1.165, 1.54) is 18.4 Å². The van der Waals surface area contributed by atoms with E-state index in [-0.39, 0.29) is 0 Å². The highest BCUT2D eigenvalue weighted by Gasteiger charge is 2.02. The molecule has 1 heterocycles. The number of unbranched alkanes of at least 4 members (excludes halogenated alkanes) is 2. The van der Waals surface area contributed by atoms with Crippen LogP contribution in [0.1, 0.15) is 38.7 Å². The Labute approximate surface area is 127 Å². The smallest absolute Gasteiger partial charge is 0.224 e. The first kappa shape index (κ1) is 15.3. The molecule has 0 amide bonds. The van der Waals surface area contributed by atoms with Crippen LogP contribution < -0.4 is 10.6 Å². The van der Waals surface area contributed by atoms with Gasteiger partial charge in [0.2, 0.25) is 5.95 Å². The van der Waals surface area contributed by atoms with Crippen molar-refractivity contribution in [3.63, 3.8) is 0 Å². The maximum atomic E-state index is 4.51. The lowest BCUT2D eigenvalue weighted by Crippen LogP contribution is -2.06. The molecule has 112 valence electrons. The molecule has 0 saturated heterocycles. The van der Waals surface area contributed by atoms with Gasteiger partial charge in [0.25, 0.3) is 0 Å². The lowest BCUT2D eigenvalue weighted by molar-refractivity contribution is 0.740. The van der Waals surface area contributed by atoms with E-state index in [2.05, 4.69) is 52.6 Å². The molecule has 0 fully saturated rings. The second-order valence-corrected chi connectivity index (χ2v) is 5.04. The molecule has 4 nitrogen and oxygen atoms in total. The van der Waals surface area contributed by atoms with E-state index < -0.39 is 0 Å². The Morgan fingerprint density at radius 1 is 1.05 bits per heavy atom. The molecular formula is C17H24N4. The first-order valence-corrected chi connectivity index (χ1v) is 7.75. The Kier molecular flexibility index (Phi) is 6.00. The lowest BCUT2D eigenvalue weighted by atomic mass is 10.1.